The van der Waals surface area contributed by atoms with Crippen molar-refractivity contribution in [3.63, 3.8) is 0 Å². The minimum Gasteiger partial charge on any atom is -0.344 e. The van der Waals surface area contributed by atoms with E-state index in [2.05, 4.69) is 22.1 Å². The molecule has 7 nitrogen and oxygen atoms in total. The number of hydrogen-bond donors (Lipinski definition) is 1. The minimum absolute atomic E-state index is 0.114. The van der Waals surface area contributed by atoms with Crippen LogP contribution < -0.4 is 15.8 Å². The monoisotopic (exact) mass is 414 g/mol. The van der Waals surface area contributed by atoms with Gasteiger partial charge in [-0.15, -0.1) is 0 Å². The van der Waals surface area contributed by atoms with Gasteiger partial charge in [0, 0.05) is 24.2 Å². The molecule has 0 saturated carbocycles. The van der Waals surface area contributed by atoms with Crippen LogP contribution in [0.2, 0.25) is 0 Å². The molecule has 2 heterocycles. The summed E-state index contributed by atoms with van der Waals surface area (Å²) in [5.74, 6) is 5.74. The van der Waals surface area contributed by atoms with Gasteiger partial charge in [0.05, 0.1) is 23.8 Å². The van der Waals surface area contributed by atoms with Crippen LogP contribution in [-0.2, 0) is 16.1 Å². The van der Waals surface area contributed by atoms with Crippen LogP contribution in [0, 0.1) is 11.8 Å². The Morgan fingerprint density at radius 2 is 1.87 bits per heavy atom. The first-order chi connectivity index (χ1) is 15.1. The molecule has 0 unspecified atom stereocenters. The third-order valence-electron chi connectivity index (χ3n) is 5.15. The number of piperidine rings is 1. The van der Waals surface area contributed by atoms with Crippen LogP contribution in [0.15, 0.2) is 59.7 Å². The quantitative estimate of drug-likeness (QED) is 0.663. The minimum atomic E-state index is -0.313. The van der Waals surface area contributed by atoms with Gasteiger partial charge in [-0.25, -0.2) is 4.98 Å². The Labute approximate surface area is 179 Å². The number of amides is 2. The topological polar surface area (TPSA) is 84.3 Å². The summed E-state index contributed by atoms with van der Waals surface area (Å²) in [5.41, 5.74) is 2.04. The SMILES string of the molecule is O=C(Cn1cnc2ccccc2c1=O)NCC#Cc1ccc(N2CCCCC2=O)cc1. The first-order valence-electron chi connectivity index (χ1n) is 10.2. The van der Waals surface area contributed by atoms with Crippen molar-refractivity contribution in [2.24, 2.45) is 0 Å². The van der Waals surface area contributed by atoms with E-state index in [1.165, 1.54) is 10.9 Å². The zero-order valence-corrected chi connectivity index (χ0v) is 17.0. The Hall–Kier alpha value is -3.92. The zero-order valence-electron chi connectivity index (χ0n) is 17.0. The fraction of sp³-hybridized carbons (Fsp3) is 0.250. The fourth-order valence-electron chi connectivity index (χ4n) is 3.52. The normalized spacial score (nSPS) is 13.5. The van der Waals surface area contributed by atoms with Gasteiger partial charge >= 0.3 is 0 Å². The van der Waals surface area contributed by atoms with E-state index >= 15 is 0 Å². The summed E-state index contributed by atoms with van der Waals surface area (Å²) in [6.07, 6.45) is 3.96. The number of benzene rings is 2. The Kier molecular flexibility index (Phi) is 6.08. The van der Waals surface area contributed by atoms with Gasteiger partial charge in [-0.2, -0.15) is 0 Å². The third-order valence-corrected chi connectivity index (χ3v) is 5.15. The number of hydrogen-bond acceptors (Lipinski definition) is 4. The lowest BCUT2D eigenvalue weighted by atomic mass is 10.1. The van der Waals surface area contributed by atoms with E-state index in [0.29, 0.717) is 17.3 Å². The van der Waals surface area contributed by atoms with Gasteiger partial charge < -0.3 is 10.2 Å². The van der Waals surface area contributed by atoms with E-state index in [1.54, 1.807) is 18.2 Å². The molecule has 31 heavy (non-hydrogen) atoms. The summed E-state index contributed by atoms with van der Waals surface area (Å²) >= 11 is 0. The molecule has 0 aliphatic carbocycles. The molecule has 1 aliphatic rings. The fourth-order valence-corrected chi connectivity index (χ4v) is 3.52. The van der Waals surface area contributed by atoms with Crippen LogP contribution >= 0.6 is 0 Å². The molecule has 3 aromatic rings. The molecule has 2 amide bonds. The number of nitrogens with one attached hydrogen (secondary N) is 1. The zero-order chi connectivity index (χ0) is 21.6. The van der Waals surface area contributed by atoms with Crippen molar-refractivity contribution in [2.45, 2.75) is 25.8 Å². The third kappa shape index (κ3) is 4.81. The van der Waals surface area contributed by atoms with E-state index in [1.807, 2.05) is 35.2 Å². The number of nitrogens with zero attached hydrogens (tertiary/aromatic N) is 3. The molecule has 1 N–H and O–H groups in total. The number of carbonyl (C=O) groups is 2. The molecule has 4 rings (SSSR count). The summed E-state index contributed by atoms with van der Waals surface area (Å²) in [5, 5.41) is 3.17. The molecule has 1 fully saturated rings. The van der Waals surface area contributed by atoms with Crippen molar-refractivity contribution in [1.82, 2.24) is 14.9 Å². The van der Waals surface area contributed by atoms with Crippen molar-refractivity contribution in [2.75, 3.05) is 18.0 Å². The molecule has 2 aromatic carbocycles. The highest BCUT2D eigenvalue weighted by molar-refractivity contribution is 5.94. The maximum atomic E-state index is 12.4. The van der Waals surface area contributed by atoms with Crippen LogP contribution in [0.4, 0.5) is 5.69 Å². The van der Waals surface area contributed by atoms with Gasteiger partial charge in [-0.3, -0.25) is 19.0 Å². The van der Waals surface area contributed by atoms with Crippen LogP contribution in [0.1, 0.15) is 24.8 Å². The highest BCUT2D eigenvalue weighted by Crippen LogP contribution is 2.21. The van der Waals surface area contributed by atoms with E-state index < -0.39 is 0 Å². The smallest absolute Gasteiger partial charge is 0.261 e. The molecule has 0 radical (unpaired) electrons. The molecule has 0 atom stereocenters. The summed E-state index contributed by atoms with van der Waals surface area (Å²) in [6, 6.07) is 14.5. The van der Waals surface area contributed by atoms with E-state index in [-0.39, 0.29) is 30.5 Å². The highest BCUT2D eigenvalue weighted by Gasteiger charge is 2.19. The second-order valence-corrected chi connectivity index (χ2v) is 7.32. The number of aromatic nitrogens is 2. The molecular weight excluding hydrogens is 392 g/mol. The Morgan fingerprint density at radius 3 is 2.68 bits per heavy atom. The number of para-hydroxylation sites is 1. The number of rotatable bonds is 4. The van der Waals surface area contributed by atoms with Crippen LogP contribution in [-0.4, -0.2) is 34.5 Å². The van der Waals surface area contributed by atoms with Gasteiger partial charge in [0.2, 0.25) is 11.8 Å². The van der Waals surface area contributed by atoms with Gasteiger partial charge in [-0.05, 0) is 49.2 Å². The Morgan fingerprint density at radius 1 is 1.06 bits per heavy atom. The second kappa shape index (κ2) is 9.26. The number of fused-ring (bicyclic) bond motifs is 1. The lowest BCUT2D eigenvalue weighted by molar-refractivity contribution is -0.121. The maximum Gasteiger partial charge on any atom is 0.261 e. The predicted octanol–water partition coefficient (Wildman–Crippen LogP) is 2.08. The number of anilines is 1. The Balaban J connectivity index is 1.32. The predicted molar refractivity (Wildman–Crippen MR) is 119 cm³/mol. The van der Waals surface area contributed by atoms with E-state index in [4.69, 9.17) is 0 Å². The summed E-state index contributed by atoms with van der Waals surface area (Å²) in [4.78, 5) is 42.6. The maximum absolute atomic E-state index is 12.4. The highest BCUT2D eigenvalue weighted by atomic mass is 16.2. The molecule has 1 aliphatic heterocycles. The summed E-state index contributed by atoms with van der Waals surface area (Å²) < 4.78 is 1.28. The number of carbonyl (C=O) groups excluding carboxylic acids is 2. The molecule has 0 spiro atoms. The van der Waals surface area contributed by atoms with Crippen LogP contribution in [0.3, 0.4) is 0 Å². The molecule has 156 valence electrons. The molecule has 0 bridgehead atoms. The summed E-state index contributed by atoms with van der Waals surface area (Å²) in [6.45, 7) is 0.809. The van der Waals surface area contributed by atoms with Gasteiger partial charge in [0.25, 0.3) is 5.56 Å². The first-order valence-corrected chi connectivity index (χ1v) is 10.2. The average Bonchev–Trinajstić information content (AvgIpc) is 2.80. The van der Waals surface area contributed by atoms with Crippen molar-refractivity contribution < 1.29 is 9.59 Å². The van der Waals surface area contributed by atoms with E-state index in [9.17, 15) is 14.4 Å². The van der Waals surface area contributed by atoms with E-state index in [0.717, 1.165) is 30.6 Å². The Bertz CT molecular complexity index is 1240. The molecule has 1 saturated heterocycles. The van der Waals surface area contributed by atoms with Crippen molar-refractivity contribution >= 4 is 28.4 Å². The van der Waals surface area contributed by atoms with Gasteiger partial charge in [-0.1, -0.05) is 24.0 Å². The lowest BCUT2D eigenvalue weighted by Crippen LogP contribution is -2.35. The van der Waals surface area contributed by atoms with Gasteiger partial charge in [0.1, 0.15) is 6.54 Å². The van der Waals surface area contributed by atoms with Crippen molar-refractivity contribution in [3.8, 4) is 11.8 Å². The lowest BCUT2D eigenvalue weighted by Gasteiger charge is -2.26. The largest absolute Gasteiger partial charge is 0.344 e. The van der Waals surface area contributed by atoms with Crippen molar-refractivity contribution in [3.05, 3.63) is 70.8 Å². The second-order valence-electron chi connectivity index (χ2n) is 7.32. The van der Waals surface area contributed by atoms with Crippen molar-refractivity contribution in [1.29, 1.82) is 0 Å². The standard InChI is InChI=1S/C24H22N4O3/c29-22(16-27-17-26-21-8-2-1-7-20(21)24(27)31)25-14-5-6-18-10-12-19(13-11-18)28-15-4-3-9-23(28)30/h1-2,7-8,10-13,17H,3-4,9,14-16H2,(H,25,29). The van der Waals surface area contributed by atoms with Crippen LogP contribution in [0.25, 0.3) is 10.9 Å². The average molecular weight is 414 g/mol. The first kappa shape index (κ1) is 20.4. The summed E-state index contributed by atoms with van der Waals surface area (Å²) in [7, 11) is 0. The van der Waals surface area contributed by atoms with Crippen LogP contribution in [0.5, 0.6) is 0 Å². The van der Waals surface area contributed by atoms with Gasteiger partial charge in [0.15, 0.2) is 0 Å². The molecule has 1 aromatic heterocycles. The molecule has 7 heteroatoms. The molecular formula is C24H22N4O3.